The summed E-state index contributed by atoms with van der Waals surface area (Å²) < 4.78 is 78.9. The van der Waals surface area contributed by atoms with Gasteiger partial charge in [0, 0.05) is 98.3 Å². The first-order valence-corrected chi connectivity index (χ1v) is 37.4. The van der Waals surface area contributed by atoms with E-state index in [1.54, 1.807) is 18.2 Å². The van der Waals surface area contributed by atoms with Gasteiger partial charge in [-0.1, -0.05) is 24.3 Å². The number of nitro benzene ring substituents is 1. The number of halogens is 3. The van der Waals surface area contributed by atoms with Gasteiger partial charge in [-0.05, 0) is 240 Å². The van der Waals surface area contributed by atoms with E-state index in [4.69, 9.17) is 71.2 Å². The van der Waals surface area contributed by atoms with E-state index in [0.717, 1.165) is 163 Å². The number of hydrogen-bond donors (Lipinski definition) is 4. The predicted octanol–water partition coefficient (Wildman–Crippen LogP) is 16.6. The fourth-order valence-corrected chi connectivity index (χ4v) is 13.9. The van der Waals surface area contributed by atoms with E-state index in [2.05, 4.69) is 75.5 Å². The number of amides is 1. The Morgan fingerprint density at radius 1 is 0.566 bits per heavy atom. The highest BCUT2D eigenvalue weighted by Gasteiger charge is 2.52. The molecule has 3 aromatic rings. The second-order valence-electron chi connectivity index (χ2n) is 30.6. The summed E-state index contributed by atoms with van der Waals surface area (Å²) in [7, 11) is -0.223. The molecule has 3 aromatic carbocycles. The van der Waals surface area contributed by atoms with Crippen LogP contribution in [0.1, 0.15) is 219 Å². The molecule has 1 amide bonds. The second-order valence-corrected chi connectivity index (χ2v) is 30.6. The molecule has 7 N–H and O–H groups in total. The molecule has 10 aliphatic rings. The molecule has 3 heterocycles. The molecule has 13 rings (SSSR count). The van der Waals surface area contributed by atoms with Gasteiger partial charge in [-0.15, -0.1) is 0 Å². The number of ether oxygens (including phenoxy) is 5. The lowest BCUT2D eigenvalue weighted by atomic mass is 9.71. The second kappa shape index (κ2) is 40.1. The Morgan fingerprint density at radius 2 is 0.972 bits per heavy atom. The first-order valence-electron chi connectivity index (χ1n) is 37.4. The molecular weight excluding hydrogens is 1360 g/mol. The molecule has 0 radical (unpaired) electrons. The first-order chi connectivity index (χ1) is 50.4. The van der Waals surface area contributed by atoms with Gasteiger partial charge in [0.1, 0.15) is 34.6 Å². The van der Waals surface area contributed by atoms with Gasteiger partial charge in [0.2, 0.25) is 0 Å². The van der Waals surface area contributed by atoms with Gasteiger partial charge in [0.15, 0.2) is 11.6 Å². The number of nitriles is 4. The van der Waals surface area contributed by atoms with E-state index in [-0.39, 0.29) is 77.0 Å². The van der Waals surface area contributed by atoms with Crippen molar-refractivity contribution in [1.29, 1.82) is 21.0 Å². The van der Waals surface area contributed by atoms with Crippen LogP contribution in [-0.2, 0) is 42.6 Å². The Kier molecular flexibility index (Phi) is 32.2. The fourth-order valence-electron chi connectivity index (χ4n) is 13.9. The van der Waals surface area contributed by atoms with E-state index in [0.29, 0.717) is 105 Å². The highest BCUT2D eigenvalue weighted by molar-refractivity contribution is 6.54. The van der Waals surface area contributed by atoms with Crippen LogP contribution in [-0.4, -0.2) is 97.6 Å². The normalized spacial score (nSPS) is 23.4. The Bertz CT molecular complexity index is 3770. The topological polar surface area (TPSA) is 344 Å². The lowest BCUT2D eigenvalue weighted by molar-refractivity contribution is -0.385. The van der Waals surface area contributed by atoms with E-state index in [1.807, 2.05) is 20.8 Å². The van der Waals surface area contributed by atoms with Crippen molar-refractivity contribution in [3.05, 3.63) is 129 Å². The minimum absolute atomic E-state index is 0.0404. The third kappa shape index (κ3) is 26.0. The highest BCUT2D eigenvalue weighted by atomic mass is 19.1. The minimum atomic E-state index is -0.508. The molecule has 6 fully saturated rings. The monoisotopic (exact) mass is 1470 g/mol. The number of nitrogen functional groups attached to an aromatic ring is 2. The maximum atomic E-state index is 13.4. The number of Topliss-reactive ketones (excluding diaryl/α,β-unsaturated/α-hetero) is 2. The number of carbonyl (C=O) groups excluding carboxylic acids is 3. The maximum absolute atomic E-state index is 13.4. The number of anilines is 2. The lowest BCUT2D eigenvalue weighted by Crippen LogP contribution is -2.41. The largest absolute Gasteiger partial charge is 0.490 e. The predicted molar refractivity (Wildman–Crippen MR) is 400 cm³/mol. The van der Waals surface area contributed by atoms with Gasteiger partial charge in [0.05, 0.1) is 84.2 Å². The average molecular weight is 1470 g/mol. The van der Waals surface area contributed by atoms with Crippen LogP contribution in [0.15, 0.2) is 84.4 Å². The molecule has 7 aliphatic carbocycles. The summed E-state index contributed by atoms with van der Waals surface area (Å²) in [4.78, 5) is 43.6. The quantitative estimate of drug-likeness (QED) is 0.0704. The van der Waals surface area contributed by atoms with Crippen LogP contribution in [0.25, 0.3) is 16.7 Å². The summed E-state index contributed by atoms with van der Waals surface area (Å²) in [6.07, 6.45) is 27.0. The highest BCUT2D eigenvalue weighted by Crippen LogP contribution is 2.43. The van der Waals surface area contributed by atoms with Gasteiger partial charge in [-0.3, -0.25) is 19.7 Å². The van der Waals surface area contributed by atoms with Crippen LogP contribution in [0.5, 0.6) is 0 Å². The summed E-state index contributed by atoms with van der Waals surface area (Å²) >= 11 is 0. The molecule has 106 heavy (non-hydrogen) atoms. The number of hydrogen-bond acceptors (Lipinski definition) is 19. The number of nitro groups is 1. The maximum Gasteiger partial charge on any atom is 0.490 e. The molecule has 25 heteroatoms. The molecule has 4 atom stereocenters. The van der Waals surface area contributed by atoms with Crippen LogP contribution < -0.4 is 22.5 Å². The van der Waals surface area contributed by atoms with Gasteiger partial charge < -0.3 is 55.5 Å². The van der Waals surface area contributed by atoms with Crippen LogP contribution in [0.4, 0.5) is 35.0 Å². The van der Waals surface area contributed by atoms with Crippen LogP contribution >= 0.6 is 0 Å². The van der Waals surface area contributed by atoms with Crippen molar-refractivity contribution in [3.63, 3.8) is 0 Å². The van der Waals surface area contributed by atoms with Crippen molar-refractivity contribution in [2.45, 2.75) is 231 Å². The van der Waals surface area contributed by atoms with Crippen LogP contribution in [0.2, 0.25) is 0 Å². The molecule has 3 saturated carbocycles. The summed E-state index contributed by atoms with van der Waals surface area (Å²) in [6, 6.07) is 21.4. The number of allylic oxidation sites excluding steroid dienone is 8. The third-order valence-electron chi connectivity index (χ3n) is 21.2. The van der Waals surface area contributed by atoms with E-state index >= 15 is 0 Å². The van der Waals surface area contributed by atoms with Crippen molar-refractivity contribution >= 4 is 58.6 Å². The average Bonchev–Trinajstić information content (AvgIpc) is 1.62. The fraction of sp³-hybridized carbons (Fsp3) is 0.593. The summed E-state index contributed by atoms with van der Waals surface area (Å²) in [6.45, 7) is 17.9. The number of nitrogens with two attached hydrogens (primary N) is 3. The van der Waals surface area contributed by atoms with Crippen LogP contribution in [0.3, 0.4) is 0 Å². The molecule has 21 nitrogen and oxygen atoms in total. The smallest absolute Gasteiger partial charge is 0.444 e. The third-order valence-corrected chi connectivity index (χ3v) is 21.2. The zero-order chi connectivity index (χ0) is 77.2. The number of ketones is 2. The van der Waals surface area contributed by atoms with E-state index < -0.39 is 16.3 Å². The zero-order valence-electron chi connectivity index (χ0n) is 62.8. The number of benzene rings is 3. The lowest BCUT2D eigenvalue weighted by Gasteiger charge is -2.32. The van der Waals surface area contributed by atoms with Gasteiger partial charge in [0.25, 0.3) is 5.69 Å². The molecule has 4 unspecified atom stereocenters. The SMILES string of the molecule is CC(C)(C)OC(=O)NCC1CC=C(c2cc(F)ccc2N)CC1.CC1(C)OB(C2=CCC(C#N)CC2)OC1(C)C.N#CC1CC=C(c2cc(F)ccc2[N+](=O)[O-])CC1.N#CC1CCC(=O)CC1.N#CC1CCC2(CC1)OCCO2.NCC1CC=C(c2cc(F)ccc2N)CC1.O=C1CCC2(CC1)OCCO2. The van der Waals surface area contributed by atoms with Gasteiger partial charge in [-0.25, -0.2) is 18.0 Å². The number of carbonyl (C=O) groups is 3. The first kappa shape index (κ1) is 85.0. The Hall–Kier alpha value is -8.24. The van der Waals surface area contributed by atoms with Crippen molar-refractivity contribution in [1.82, 2.24) is 5.32 Å². The van der Waals surface area contributed by atoms with Crippen LogP contribution in [0, 0.1) is 108 Å². The molecule has 2 spiro atoms. The number of nitrogens with zero attached hydrogens (tertiary/aromatic N) is 5. The zero-order valence-corrected chi connectivity index (χ0v) is 62.8. The Morgan fingerprint density at radius 3 is 1.40 bits per heavy atom. The summed E-state index contributed by atoms with van der Waals surface area (Å²) in [5.41, 5.74) is 23.7. The molecule has 572 valence electrons. The Balaban J connectivity index is 0.000000176. The van der Waals surface area contributed by atoms with Gasteiger partial charge >= 0.3 is 13.2 Å². The minimum Gasteiger partial charge on any atom is -0.444 e. The van der Waals surface area contributed by atoms with E-state index in [9.17, 15) is 37.7 Å². The standard InChI is InChI=1S/C18H25FN2O2.C13H20BNO2.C13H11FN2O2.C13H17FN2.C9H13NO2.C8H12O3.C7H9NO/c1-18(2,3)23-17(22)21-11-12-4-6-13(7-5-12)15-10-14(19)8-9-16(15)20;1-12(2)13(3,4)17-14(16-12)11-7-5-10(9-15)6-8-11;14-11-5-6-13(16(17)18)12(7-11)10-3-1-9(8-15)2-4-10;14-11-5-6-13(16)12(7-11)10-3-1-9(8-15)2-4-10;10-7-8-1-3-9(4-2-8)11-5-6-12-9;9-7-1-3-8(4-2-7)10-5-6-11-8;8-5-6-1-3-7(9)4-2-6/h6,8-10,12H,4-5,7,11,20H2,1-3H3,(H,21,22);7,10H,5-6,8H2,1-4H3;3,5-7,9H,1-2,4H2;3,5-7,9H,1-2,4,8,15-16H2;8H,1-6H2;1-6H2;6H,1-4H2. The van der Waals surface area contributed by atoms with Crippen molar-refractivity contribution in [3.8, 4) is 24.3 Å². The van der Waals surface area contributed by atoms with Crippen molar-refractivity contribution in [2.24, 2.45) is 41.2 Å². The van der Waals surface area contributed by atoms with Crippen molar-refractivity contribution in [2.75, 3.05) is 51.0 Å². The molecule has 0 bridgehead atoms. The molecule has 3 aliphatic heterocycles. The Labute approximate surface area is 623 Å². The number of rotatable bonds is 8. The van der Waals surface area contributed by atoms with E-state index in [1.165, 1.54) is 41.9 Å². The summed E-state index contributed by atoms with van der Waals surface area (Å²) in [5, 5.41) is 48.5. The number of alkyl carbamates (subject to hydrolysis) is 1. The van der Waals surface area contributed by atoms with Gasteiger partial charge in [-0.2, -0.15) is 21.0 Å². The number of nitrogens with one attached hydrogen (secondary N) is 1. The molecule has 3 saturated heterocycles. The van der Waals surface area contributed by atoms with Crippen molar-refractivity contribution < 1.29 is 65.5 Å². The summed E-state index contributed by atoms with van der Waals surface area (Å²) in [5.74, 6) is 0.444. The molecule has 0 aromatic heterocycles. The molecular formula is C81H107BF3N9O12.